The van der Waals surface area contributed by atoms with Gasteiger partial charge < -0.3 is 0 Å². The van der Waals surface area contributed by atoms with Crippen molar-refractivity contribution in [3.63, 3.8) is 0 Å². The van der Waals surface area contributed by atoms with Crippen LogP contribution in [0.1, 0.15) is 24.6 Å². The minimum atomic E-state index is -2.57. The van der Waals surface area contributed by atoms with Gasteiger partial charge in [-0.15, -0.1) is 0 Å². The highest BCUT2D eigenvalue weighted by Crippen LogP contribution is 2.31. The minimum absolute atomic E-state index is 0.0493. The van der Waals surface area contributed by atoms with Crippen LogP contribution in [0.25, 0.3) is 22.3 Å². The predicted molar refractivity (Wildman–Crippen MR) is 75.1 cm³/mol. The largest absolute Gasteiger partial charge is 0.269 e. The third-order valence-corrected chi connectivity index (χ3v) is 3.65. The Hall–Kier alpha value is -2.31. The Morgan fingerprint density at radius 2 is 2.00 bits per heavy atom. The lowest BCUT2D eigenvalue weighted by atomic mass is 10.1. The molecule has 0 aliphatic heterocycles. The monoisotopic (exact) mass is 291 g/mol. The molecule has 5 nitrogen and oxygen atoms in total. The molecule has 0 aliphatic rings. The molecular formula is C14H15F2N5. The van der Waals surface area contributed by atoms with E-state index in [9.17, 15) is 8.78 Å². The average Bonchev–Trinajstić information content (AvgIpc) is 3.01. The molecule has 0 saturated heterocycles. The van der Waals surface area contributed by atoms with Gasteiger partial charge in [0.15, 0.2) is 5.65 Å². The number of hydrogen-bond acceptors (Lipinski definition) is 3. The molecule has 0 bridgehead atoms. The number of fused-ring (bicyclic) bond motifs is 1. The Labute approximate surface area is 120 Å². The summed E-state index contributed by atoms with van der Waals surface area (Å²) in [5.41, 5.74) is 2.57. The second-order valence-electron chi connectivity index (χ2n) is 4.86. The summed E-state index contributed by atoms with van der Waals surface area (Å²) in [6.45, 7) is 4.61. The summed E-state index contributed by atoms with van der Waals surface area (Å²) in [5.74, 6) is 0. The van der Waals surface area contributed by atoms with E-state index >= 15 is 0 Å². The van der Waals surface area contributed by atoms with Gasteiger partial charge in [-0.3, -0.25) is 9.36 Å². The van der Waals surface area contributed by atoms with Crippen molar-refractivity contribution < 1.29 is 8.78 Å². The zero-order valence-corrected chi connectivity index (χ0v) is 12.0. The van der Waals surface area contributed by atoms with Gasteiger partial charge in [0, 0.05) is 35.8 Å². The molecule has 3 aromatic heterocycles. The third kappa shape index (κ3) is 2.09. The number of nitrogens with zero attached hydrogens (tertiary/aromatic N) is 5. The first kappa shape index (κ1) is 13.7. The van der Waals surface area contributed by atoms with Crippen LogP contribution >= 0.6 is 0 Å². The summed E-state index contributed by atoms with van der Waals surface area (Å²) in [6.07, 6.45) is 0.522. The molecule has 7 heteroatoms. The molecule has 0 unspecified atom stereocenters. The molecule has 0 saturated carbocycles. The van der Waals surface area contributed by atoms with Crippen LogP contribution in [-0.4, -0.2) is 24.5 Å². The van der Waals surface area contributed by atoms with Gasteiger partial charge >= 0.3 is 0 Å². The predicted octanol–water partition coefficient (Wildman–Crippen LogP) is 3.10. The van der Waals surface area contributed by atoms with E-state index in [2.05, 4.69) is 15.2 Å². The van der Waals surface area contributed by atoms with Crippen LogP contribution in [0.5, 0.6) is 0 Å². The summed E-state index contributed by atoms with van der Waals surface area (Å²) < 4.78 is 29.9. The van der Waals surface area contributed by atoms with Gasteiger partial charge in [-0.2, -0.15) is 10.2 Å². The maximum Gasteiger partial charge on any atom is 0.264 e. The van der Waals surface area contributed by atoms with E-state index in [0.717, 1.165) is 17.8 Å². The first-order chi connectivity index (χ1) is 10.0. The molecule has 0 atom stereocenters. The van der Waals surface area contributed by atoms with Crippen molar-refractivity contribution in [3.05, 3.63) is 29.7 Å². The minimum Gasteiger partial charge on any atom is -0.269 e. The van der Waals surface area contributed by atoms with Crippen LogP contribution in [0, 0.1) is 6.92 Å². The average molecular weight is 291 g/mol. The summed E-state index contributed by atoms with van der Waals surface area (Å²) in [7, 11) is 1.69. The molecule has 110 valence electrons. The normalized spacial score (nSPS) is 11.7. The quantitative estimate of drug-likeness (QED) is 0.745. The third-order valence-electron chi connectivity index (χ3n) is 3.65. The van der Waals surface area contributed by atoms with Crippen molar-refractivity contribution >= 4 is 11.0 Å². The molecule has 0 spiro atoms. The lowest BCUT2D eigenvalue weighted by molar-refractivity contribution is 0.153. The summed E-state index contributed by atoms with van der Waals surface area (Å²) in [6, 6.07) is 1.43. The summed E-state index contributed by atoms with van der Waals surface area (Å²) >= 11 is 0. The van der Waals surface area contributed by atoms with Gasteiger partial charge in [0.05, 0.1) is 18.1 Å². The second-order valence-corrected chi connectivity index (χ2v) is 4.86. The second kappa shape index (κ2) is 4.91. The van der Waals surface area contributed by atoms with Crippen molar-refractivity contribution in [2.24, 2.45) is 7.05 Å². The molecule has 0 amide bonds. The molecule has 3 heterocycles. The SMILES string of the molecule is CCn1ncc(-c2cc(C(F)F)c3cnn(C)c3n2)c1C. The van der Waals surface area contributed by atoms with E-state index < -0.39 is 6.43 Å². The molecule has 0 N–H and O–H groups in total. The van der Waals surface area contributed by atoms with Crippen LogP contribution in [0.15, 0.2) is 18.5 Å². The standard InChI is InChI=1S/C14H15F2N5/c1-4-21-8(2)10(6-18-21)12-5-9(13(15)16)11-7-17-20(3)14(11)19-12/h5-7,13H,4H2,1-3H3. The van der Waals surface area contributed by atoms with Crippen LogP contribution in [0.3, 0.4) is 0 Å². The molecule has 21 heavy (non-hydrogen) atoms. The maximum atomic E-state index is 13.3. The lowest BCUT2D eigenvalue weighted by Gasteiger charge is -2.07. The zero-order valence-electron chi connectivity index (χ0n) is 12.0. The fraction of sp³-hybridized carbons (Fsp3) is 0.357. The molecule has 0 aromatic carbocycles. The number of aromatic nitrogens is 5. The Kier molecular flexibility index (Phi) is 3.19. The Bertz CT molecular complexity index is 803. The highest BCUT2D eigenvalue weighted by molar-refractivity contribution is 5.82. The Morgan fingerprint density at radius 1 is 1.24 bits per heavy atom. The first-order valence-electron chi connectivity index (χ1n) is 6.66. The van der Waals surface area contributed by atoms with Gasteiger partial charge in [0.1, 0.15) is 0 Å². The number of hydrogen-bond donors (Lipinski definition) is 0. The molecular weight excluding hydrogens is 276 g/mol. The summed E-state index contributed by atoms with van der Waals surface area (Å²) in [4.78, 5) is 4.47. The van der Waals surface area contributed by atoms with Crippen LogP contribution in [0.4, 0.5) is 8.78 Å². The van der Waals surface area contributed by atoms with E-state index in [1.807, 2.05) is 18.5 Å². The first-order valence-corrected chi connectivity index (χ1v) is 6.66. The number of rotatable bonds is 3. The molecule has 3 rings (SSSR count). The van der Waals surface area contributed by atoms with Gasteiger partial charge in [0.25, 0.3) is 6.43 Å². The fourth-order valence-corrected chi connectivity index (χ4v) is 2.47. The molecule has 0 radical (unpaired) electrons. The number of pyridine rings is 1. The maximum absolute atomic E-state index is 13.3. The van der Waals surface area contributed by atoms with Crippen LogP contribution < -0.4 is 0 Å². The van der Waals surface area contributed by atoms with E-state index in [4.69, 9.17) is 0 Å². The Balaban J connectivity index is 2.27. The van der Waals surface area contributed by atoms with Crippen molar-refractivity contribution in [1.82, 2.24) is 24.5 Å². The smallest absolute Gasteiger partial charge is 0.264 e. The van der Waals surface area contributed by atoms with Gasteiger partial charge in [-0.1, -0.05) is 0 Å². The van der Waals surface area contributed by atoms with E-state index in [1.165, 1.54) is 16.9 Å². The van der Waals surface area contributed by atoms with Gasteiger partial charge in [0.2, 0.25) is 0 Å². The van der Waals surface area contributed by atoms with Gasteiger partial charge in [-0.05, 0) is 19.9 Å². The highest BCUT2D eigenvalue weighted by atomic mass is 19.3. The highest BCUT2D eigenvalue weighted by Gasteiger charge is 2.19. The molecule has 0 fully saturated rings. The van der Waals surface area contributed by atoms with Crippen LogP contribution in [-0.2, 0) is 13.6 Å². The number of halogens is 2. The number of aryl methyl sites for hydroxylation is 2. The topological polar surface area (TPSA) is 48.5 Å². The van der Waals surface area contributed by atoms with Crippen molar-refractivity contribution in [3.8, 4) is 11.3 Å². The van der Waals surface area contributed by atoms with E-state index in [0.29, 0.717) is 16.7 Å². The van der Waals surface area contributed by atoms with E-state index in [1.54, 1.807) is 13.2 Å². The fourth-order valence-electron chi connectivity index (χ4n) is 2.47. The summed E-state index contributed by atoms with van der Waals surface area (Å²) in [5, 5.41) is 8.65. The van der Waals surface area contributed by atoms with Crippen molar-refractivity contribution in [1.29, 1.82) is 0 Å². The van der Waals surface area contributed by atoms with Crippen LogP contribution in [0.2, 0.25) is 0 Å². The Morgan fingerprint density at radius 3 is 2.62 bits per heavy atom. The van der Waals surface area contributed by atoms with Gasteiger partial charge in [-0.25, -0.2) is 13.8 Å². The molecule has 0 aliphatic carbocycles. The van der Waals surface area contributed by atoms with E-state index in [-0.39, 0.29) is 5.56 Å². The van der Waals surface area contributed by atoms with Crippen molar-refractivity contribution in [2.45, 2.75) is 26.8 Å². The number of alkyl halides is 2. The molecule has 3 aromatic rings. The van der Waals surface area contributed by atoms with Crippen molar-refractivity contribution in [2.75, 3.05) is 0 Å². The lowest BCUT2D eigenvalue weighted by Crippen LogP contribution is -2.00. The zero-order chi connectivity index (χ0) is 15.1.